The largest absolute Gasteiger partial charge is 0.354 e. The van der Waals surface area contributed by atoms with Crippen LogP contribution < -0.4 is 10.5 Å². The van der Waals surface area contributed by atoms with Crippen LogP contribution in [0.1, 0.15) is 11.4 Å². The van der Waals surface area contributed by atoms with Crippen LogP contribution >= 0.6 is 0 Å². The molecule has 0 spiro atoms. The van der Waals surface area contributed by atoms with E-state index in [2.05, 4.69) is 20.2 Å². The lowest BCUT2D eigenvalue weighted by Gasteiger charge is -2.39. The Bertz CT molecular complexity index is 658. The van der Waals surface area contributed by atoms with Gasteiger partial charge < -0.3 is 4.90 Å². The maximum Gasteiger partial charge on any atom is 0.266 e. The van der Waals surface area contributed by atoms with Crippen molar-refractivity contribution in [3.63, 3.8) is 0 Å². The summed E-state index contributed by atoms with van der Waals surface area (Å²) in [5, 5.41) is 12.5. The van der Waals surface area contributed by atoms with E-state index in [1.807, 2.05) is 26.0 Å². The van der Waals surface area contributed by atoms with Gasteiger partial charge in [-0.05, 0) is 32.0 Å². The molecule has 0 atom stereocenters. The first kappa shape index (κ1) is 12.8. The van der Waals surface area contributed by atoms with Crippen LogP contribution in [0.2, 0.25) is 0 Å². The predicted octanol–water partition coefficient (Wildman–Crippen LogP) is 0.787. The lowest BCUT2D eigenvalue weighted by Crippen LogP contribution is -2.50. The monoisotopic (exact) mass is 271 g/mol. The highest BCUT2D eigenvalue weighted by Crippen LogP contribution is 2.22. The van der Waals surface area contributed by atoms with Crippen molar-refractivity contribution < 1.29 is 0 Å². The van der Waals surface area contributed by atoms with E-state index in [1.165, 1.54) is 0 Å². The number of hydrogen-bond donors (Lipinski definition) is 0. The molecular weight excluding hydrogens is 254 g/mol. The van der Waals surface area contributed by atoms with Crippen molar-refractivity contribution in [1.82, 2.24) is 20.0 Å². The van der Waals surface area contributed by atoms with Gasteiger partial charge in [-0.15, -0.1) is 5.10 Å². The number of nitrogens with zero attached hydrogens (tertiary/aromatic N) is 5. The number of hydrogen-bond acceptors (Lipinski definition) is 5. The van der Waals surface area contributed by atoms with E-state index < -0.39 is 0 Å². The molecule has 1 saturated heterocycles. The zero-order valence-electron chi connectivity index (χ0n) is 11.7. The third-order valence-corrected chi connectivity index (χ3v) is 3.50. The molecule has 1 aliphatic heterocycles. The molecule has 1 aliphatic rings. The first-order chi connectivity index (χ1) is 9.61. The van der Waals surface area contributed by atoms with Crippen molar-refractivity contribution in [3.05, 3.63) is 46.0 Å². The molecule has 1 fully saturated rings. The Morgan fingerprint density at radius 2 is 1.85 bits per heavy atom. The SMILES string of the molecule is Cc1ccc(N2CC(Cn3nc(C)ccc3=O)C2)nn1. The van der Waals surface area contributed by atoms with Crippen molar-refractivity contribution in [2.75, 3.05) is 18.0 Å². The minimum Gasteiger partial charge on any atom is -0.354 e. The summed E-state index contributed by atoms with van der Waals surface area (Å²) in [5.41, 5.74) is 1.75. The number of rotatable bonds is 3. The van der Waals surface area contributed by atoms with Crippen LogP contribution in [0.15, 0.2) is 29.1 Å². The summed E-state index contributed by atoms with van der Waals surface area (Å²) in [7, 11) is 0. The molecule has 6 nitrogen and oxygen atoms in total. The van der Waals surface area contributed by atoms with Gasteiger partial charge in [0.2, 0.25) is 0 Å². The van der Waals surface area contributed by atoms with Gasteiger partial charge in [-0.2, -0.15) is 10.2 Å². The molecule has 6 heteroatoms. The molecule has 0 saturated carbocycles. The molecule has 3 heterocycles. The quantitative estimate of drug-likeness (QED) is 0.825. The van der Waals surface area contributed by atoms with E-state index in [0.29, 0.717) is 12.5 Å². The van der Waals surface area contributed by atoms with Crippen molar-refractivity contribution in [2.24, 2.45) is 5.92 Å². The Hall–Kier alpha value is -2.24. The second-order valence-corrected chi connectivity index (χ2v) is 5.30. The van der Waals surface area contributed by atoms with E-state index in [-0.39, 0.29) is 5.56 Å². The molecule has 104 valence electrons. The van der Waals surface area contributed by atoms with Gasteiger partial charge in [0.05, 0.1) is 17.9 Å². The first-order valence-corrected chi connectivity index (χ1v) is 6.72. The zero-order valence-corrected chi connectivity index (χ0v) is 11.7. The summed E-state index contributed by atoms with van der Waals surface area (Å²) >= 11 is 0. The fraction of sp³-hybridized carbons (Fsp3) is 0.429. The second-order valence-electron chi connectivity index (χ2n) is 5.30. The van der Waals surface area contributed by atoms with Crippen molar-refractivity contribution in [1.29, 1.82) is 0 Å². The molecular formula is C14H17N5O. The Kier molecular flexibility index (Phi) is 3.22. The van der Waals surface area contributed by atoms with Crippen molar-refractivity contribution >= 4 is 5.82 Å². The van der Waals surface area contributed by atoms with E-state index in [0.717, 1.165) is 30.3 Å². The average molecular weight is 271 g/mol. The molecule has 2 aromatic heterocycles. The summed E-state index contributed by atoms with van der Waals surface area (Å²) in [6, 6.07) is 7.26. The maximum absolute atomic E-state index is 11.7. The highest BCUT2D eigenvalue weighted by atomic mass is 16.1. The van der Waals surface area contributed by atoms with E-state index >= 15 is 0 Å². The van der Waals surface area contributed by atoms with E-state index in [1.54, 1.807) is 16.8 Å². The molecule has 0 aromatic carbocycles. The smallest absolute Gasteiger partial charge is 0.266 e. The normalized spacial score (nSPS) is 15.2. The number of aryl methyl sites for hydroxylation is 2. The second kappa shape index (κ2) is 5.03. The summed E-state index contributed by atoms with van der Waals surface area (Å²) in [5.74, 6) is 1.33. The molecule has 0 amide bonds. The lowest BCUT2D eigenvalue weighted by molar-refractivity contribution is 0.331. The summed E-state index contributed by atoms with van der Waals surface area (Å²) in [6.07, 6.45) is 0. The minimum atomic E-state index is -0.0378. The van der Waals surface area contributed by atoms with Gasteiger partial charge in [-0.3, -0.25) is 4.79 Å². The van der Waals surface area contributed by atoms with Gasteiger partial charge in [-0.25, -0.2) is 4.68 Å². The fourth-order valence-corrected chi connectivity index (χ4v) is 2.36. The minimum absolute atomic E-state index is 0.0378. The zero-order chi connectivity index (χ0) is 14.1. The Labute approximate surface area is 117 Å². The molecule has 0 aliphatic carbocycles. The topological polar surface area (TPSA) is 63.9 Å². The third-order valence-electron chi connectivity index (χ3n) is 3.50. The third kappa shape index (κ3) is 2.54. The predicted molar refractivity (Wildman–Crippen MR) is 75.7 cm³/mol. The van der Waals surface area contributed by atoms with Gasteiger partial charge >= 0.3 is 0 Å². The first-order valence-electron chi connectivity index (χ1n) is 6.72. The Morgan fingerprint density at radius 1 is 1.10 bits per heavy atom. The van der Waals surface area contributed by atoms with Gasteiger partial charge in [0.25, 0.3) is 5.56 Å². The standard InChI is InChI=1S/C14H17N5O/c1-10-3-5-13(16-15-10)18-7-12(8-18)9-19-14(20)6-4-11(2)17-19/h3-6,12H,7-9H2,1-2H3. The fourth-order valence-electron chi connectivity index (χ4n) is 2.36. The van der Waals surface area contributed by atoms with Crippen molar-refractivity contribution in [2.45, 2.75) is 20.4 Å². The Balaban J connectivity index is 1.62. The van der Waals surface area contributed by atoms with Crippen LogP contribution in [0, 0.1) is 19.8 Å². The van der Waals surface area contributed by atoms with Gasteiger partial charge in [0, 0.05) is 25.1 Å². The molecule has 0 unspecified atom stereocenters. The molecule has 0 radical (unpaired) electrons. The van der Waals surface area contributed by atoms with Gasteiger partial charge in [-0.1, -0.05) is 0 Å². The van der Waals surface area contributed by atoms with Crippen LogP contribution in [0.3, 0.4) is 0 Å². The van der Waals surface area contributed by atoms with Crippen LogP contribution in [0.4, 0.5) is 5.82 Å². The van der Waals surface area contributed by atoms with E-state index in [9.17, 15) is 4.79 Å². The van der Waals surface area contributed by atoms with Crippen LogP contribution in [0.25, 0.3) is 0 Å². The van der Waals surface area contributed by atoms with Gasteiger partial charge in [0.15, 0.2) is 5.82 Å². The maximum atomic E-state index is 11.7. The molecule has 0 bridgehead atoms. The lowest BCUT2D eigenvalue weighted by atomic mass is 10.0. The molecule has 20 heavy (non-hydrogen) atoms. The van der Waals surface area contributed by atoms with E-state index in [4.69, 9.17) is 0 Å². The number of anilines is 1. The summed E-state index contributed by atoms with van der Waals surface area (Å²) < 4.78 is 1.55. The highest BCUT2D eigenvalue weighted by molar-refractivity contribution is 5.40. The van der Waals surface area contributed by atoms with Gasteiger partial charge in [0.1, 0.15) is 0 Å². The van der Waals surface area contributed by atoms with Crippen LogP contribution in [0.5, 0.6) is 0 Å². The number of aromatic nitrogens is 4. The van der Waals surface area contributed by atoms with Crippen molar-refractivity contribution in [3.8, 4) is 0 Å². The summed E-state index contributed by atoms with van der Waals surface area (Å²) in [6.45, 7) is 6.26. The highest BCUT2D eigenvalue weighted by Gasteiger charge is 2.28. The van der Waals surface area contributed by atoms with Crippen LogP contribution in [-0.2, 0) is 6.54 Å². The van der Waals surface area contributed by atoms with Crippen LogP contribution in [-0.4, -0.2) is 33.1 Å². The average Bonchev–Trinajstić information content (AvgIpc) is 2.39. The summed E-state index contributed by atoms with van der Waals surface area (Å²) in [4.78, 5) is 13.9. The Morgan fingerprint density at radius 3 is 2.55 bits per heavy atom. The molecule has 3 rings (SSSR count). The molecule has 2 aromatic rings. The molecule has 0 N–H and O–H groups in total.